The van der Waals surface area contributed by atoms with Gasteiger partial charge in [0.1, 0.15) is 5.82 Å². The van der Waals surface area contributed by atoms with E-state index in [2.05, 4.69) is 5.32 Å². The summed E-state index contributed by atoms with van der Waals surface area (Å²) >= 11 is 0. The molecule has 0 aliphatic heterocycles. The van der Waals surface area contributed by atoms with Gasteiger partial charge in [0.2, 0.25) is 5.91 Å². The molecule has 1 aromatic carbocycles. The Morgan fingerprint density at radius 1 is 1.56 bits per heavy atom. The molecule has 0 heterocycles. The highest BCUT2D eigenvalue weighted by molar-refractivity contribution is 5.92. The van der Waals surface area contributed by atoms with Crippen molar-refractivity contribution < 1.29 is 13.9 Å². The predicted octanol–water partition coefficient (Wildman–Crippen LogP) is 1.30. The molecule has 3 N–H and O–H groups in total. The minimum atomic E-state index is -0.623. The molecule has 0 bridgehead atoms. The van der Waals surface area contributed by atoms with E-state index in [-0.39, 0.29) is 5.56 Å². The van der Waals surface area contributed by atoms with Crippen molar-refractivity contribution in [1.82, 2.24) is 5.32 Å². The number of methoxy groups -OCH3 is 1. The minimum absolute atomic E-state index is 0.184. The van der Waals surface area contributed by atoms with Crippen molar-refractivity contribution in [3.8, 4) is 0 Å². The average Bonchev–Trinajstić information content (AvgIpc) is 2.31. The van der Waals surface area contributed by atoms with Crippen LogP contribution < -0.4 is 11.1 Å². The van der Waals surface area contributed by atoms with Gasteiger partial charge in [0, 0.05) is 37.9 Å². The lowest BCUT2D eigenvalue weighted by atomic mass is 10.1. The molecule has 1 amide bonds. The molecule has 1 unspecified atom stereocenters. The minimum Gasteiger partial charge on any atom is -0.384 e. The number of nitrogens with one attached hydrogen (secondary N) is 1. The van der Waals surface area contributed by atoms with Crippen LogP contribution in [0.2, 0.25) is 0 Å². The first-order chi connectivity index (χ1) is 8.54. The number of nitrogens with two attached hydrogens (primary N) is 1. The Balaban J connectivity index is 2.50. The lowest BCUT2D eigenvalue weighted by molar-refractivity contribution is 0.1000. The molecule has 0 spiro atoms. The number of hydrogen-bond donors (Lipinski definition) is 2. The molecule has 0 radical (unpaired) electrons. The lowest BCUT2D eigenvalue weighted by Gasteiger charge is -2.12. The highest BCUT2D eigenvalue weighted by Gasteiger charge is 2.07. The van der Waals surface area contributed by atoms with E-state index < -0.39 is 11.7 Å². The third-order valence-corrected chi connectivity index (χ3v) is 2.60. The van der Waals surface area contributed by atoms with Gasteiger partial charge in [0.25, 0.3) is 0 Å². The molecule has 1 atom stereocenters. The summed E-state index contributed by atoms with van der Waals surface area (Å²) in [6.45, 7) is 3.86. The van der Waals surface area contributed by atoms with Crippen LogP contribution in [0.1, 0.15) is 22.8 Å². The second kappa shape index (κ2) is 7.08. The fourth-order valence-corrected chi connectivity index (χ4v) is 1.64. The third kappa shape index (κ3) is 4.43. The Kier molecular flexibility index (Phi) is 5.74. The van der Waals surface area contributed by atoms with E-state index in [0.717, 1.165) is 12.6 Å². The maximum Gasteiger partial charge on any atom is 0.248 e. The van der Waals surface area contributed by atoms with Crippen LogP contribution in [-0.2, 0) is 11.3 Å². The molecular weight excluding hydrogens is 235 g/mol. The Morgan fingerprint density at radius 2 is 2.28 bits per heavy atom. The molecule has 18 heavy (non-hydrogen) atoms. The van der Waals surface area contributed by atoms with Gasteiger partial charge in [0.05, 0.1) is 0 Å². The zero-order chi connectivity index (χ0) is 13.5. The molecule has 0 aliphatic carbocycles. The van der Waals surface area contributed by atoms with E-state index in [1.165, 1.54) is 6.07 Å². The highest BCUT2D eigenvalue weighted by Crippen LogP contribution is 2.10. The van der Waals surface area contributed by atoms with Crippen LogP contribution in [0, 0.1) is 11.7 Å². The molecule has 1 aromatic rings. The van der Waals surface area contributed by atoms with Gasteiger partial charge >= 0.3 is 0 Å². The quantitative estimate of drug-likeness (QED) is 0.770. The van der Waals surface area contributed by atoms with Gasteiger partial charge in [-0.15, -0.1) is 0 Å². The van der Waals surface area contributed by atoms with Gasteiger partial charge in [-0.3, -0.25) is 4.79 Å². The summed E-state index contributed by atoms with van der Waals surface area (Å²) in [5, 5.41) is 3.14. The van der Waals surface area contributed by atoms with Crippen molar-refractivity contribution in [3.63, 3.8) is 0 Å². The zero-order valence-electron chi connectivity index (χ0n) is 10.7. The molecule has 0 fully saturated rings. The van der Waals surface area contributed by atoms with Crippen LogP contribution in [0.15, 0.2) is 18.2 Å². The van der Waals surface area contributed by atoms with E-state index in [9.17, 15) is 9.18 Å². The van der Waals surface area contributed by atoms with Gasteiger partial charge < -0.3 is 15.8 Å². The smallest absolute Gasteiger partial charge is 0.248 e. The predicted molar refractivity (Wildman–Crippen MR) is 67.7 cm³/mol. The Morgan fingerprint density at radius 3 is 2.83 bits per heavy atom. The maximum absolute atomic E-state index is 13.6. The van der Waals surface area contributed by atoms with E-state index in [0.29, 0.717) is 24.6 Å². The summed E-state index contributed by atoms with van der Waals surface area (Å²) in [5.41, 5.74) is 5.77. The first kappa shape index (κ1) is 14.6. The van der Waals surface area contributed by atoms with E-state index in [4.69, 9.17) is 10.5 Å². The van der Waals surface area contributed by atoms with E-state index in [1.807, 2.05) is 6.92 Å². The van der Waals surface area contributed by atoms with Crippen molar-refractivity contribution in [2.75, 3.05) is 20.3 Å². The maximum atomic E-state index is 13.6. The molecule has 100 valence electrons. The Hall–Kier alpha value is -1.46. The summed E-state index contributed by atoms with van der Waals surface area (Å²) in [5.74, 6) is -0.678. The molecule has 1 rings (SSSR count). The van der Waals surface area contributed by atoms with Gasteiger partial charge in [-0.2, -0.15) is 0 Å². The number of carbonyl (C=O) groups is 1. The normalized spacial score (nSPS) is 12.4. The Labute approximate surface area is 106 Å². The van der Waals surface area contributed by atoms with Crippen LogP contribution in [-0.4, -0.2) is 26.2 Å². The van der Waals surface area contributed by atoms with Gasteiger partial charge in [-0.1, -0.05) is 13.0 Å². The number of benzene rings is 1. The summed E-state index contributed by atoms with van der Waals surface area (Å²) in [4.78, 5) is 10.9. The molecule has 0 aliphatic rings. The van der Waals surface area contributed by atoms with Crippen LogP contribution in [0.4, 0.5) is 4.39 Å². The van der Waals surface area contributed by atoms with Crippen LogP contribution in [0.3, 0.4) is 0 Å². The number of carbonyl (C=O) groups excluding carboxylic acids is 1. The van der Waals surface area contributed by atoms with Crippen molar-refractivity contribution in [2.24, 2.45) is 11.7 Å². The summed E-state index contributed by atoms with van der Waals surface area (Å²) in [6, 6.07) is 4.27. The van der Waals surface area contributed by atoms with Crippen molar-refractivity contribution in [2.45, 2.75) is 13.5 Å². The first-order valence-corrected chi connectivity index (χ1v) is 5.82. The summed E-state index contributed by atoms with van der Waals surface area (Å²) in [7, 11) is 1.65. The average molecular weight is 254 g/mol. The summed E-state index contributed by atoms with van der Waals surface area (Å²) in [6.07, 6.45) is 0. The second-order valence-corrected chi connectivity index (χ2v) is 4.36. The lowest BCUT2D eigenvalue weighted by Crippen LogP contribution is -2.24. The number of hydrogen-bond acceptors (Lipinski definition) is 3. The SMILES string of the molecule is COCC(C)CNCc1ccc(C(N)=O)cc1F. The number of halogens is 1. The van der Waals surface area contributed by atoms with E-state index in [1.54, 1.807) is 13.2 Å². The third-order valence-electron chi connectivity index (χ3n) is 2.60. The largest absolute Gasteiger partial charge is 0.384 e. The number of ether oxygens (including phenoxy) is 1. The molecule has 0 aromatic heterocycles. The summed E-state index contributed by atoms with van der Waals surface area (Å²) < 4.78 is 18.6. The van der Waals surface area contributed by atoms with Crippen molar-refractivity contribution >= 4 is 5.91 Å². The number of primary amides is 1. The van der Waals surface area contributed by atoms with Crippen molar-refractivity contribution in [3.05, 3.63) is 35.1 Å². The fourth-order valence-electron chi connectivity index (χ4n) is 1.64. The second-order valence-electron chi connectivity index (χ2n) is 4.36. The van der Waals surface area contributed by atoms with Crippen LogP contribution >= 0.6 is 0 Å². The van der Waals surface area contributed by atoms with E-state index >= 15 is 0 Å². The van der Waals surface area contributed by atoms with Gasteiger partial charge in [-0.25, -0.2) is 4.39 Å². The first-order valence-electron chi connectivity index (χ1n) is 5.82. The standard InChI is InChI=1S/C13H19FN2O2/c1-9(8-18-2)6-16-7-11-4-3-10(13(15)17)5-12(11)14/h3-5,9,16H,6-8H2,1-2H3,(H2,15,17). The van der Waals surface area contributed by atoms with Gasteiger partial charge in [0.15, 0.2) is 0 Å². The molecule has 0 saturated heterocycles. The molecular formula is C13H19FN2O2. The van der Waals surface area contributed by atoms with Crippen molar-refractivity contribution in [1.29, 1.82) is 0 Å². The molecule has 5 heteroatoms. The number of rotatable bonds is 7. The number of amides is 1. The molecule has 4 nitrogen and oxygen atoms in total. The topological polar surface area (TPSA) is 64.3 Å². The Bertz CT molecular complexity index is 410. The fraction of sp³-hybridized carbons (Fsp3) is 0.462. The monoisotopic (exact) mass is 254 g/mol. The zero-order valence-corrected chi connectivity index (χ0v) is 10.7. The van der Waals surface area contributed by atoms with Gasteiger partial charge in [-0.05, 0) is 18.1 Å². The highest BCUT2D eigenvalue weighted by atomic mass is 19.1. The van der Waals surface area contributed by atoms with Crippen LogP contribution in [0.5, 0.6) is 0 Å². The molecule has 0 saturated carbocycles. The van der Waals surface area contributed by atoms with Crippen LogP contribution in [0.25, 0.3) is 0 Å².